The average molecular weight is 282 g/mol. The topological polar surface area (TPSA) is 20.7 Å². The first-order valence-electron chi connectivity index (χ1n) is 6.84. The molecule has 0 aliphatic carbocycles. The van der Waals surface area contributed by atoms with Crippen LogP contribution in [-0.2, 0) is 0 Å². The van der Waals surface area contributed by atoms with Gasteiger partial charge < -0.3 is 9.55 Å². The number of rotatable bonds is 2. The molecule has 1 atom stereocenters. The number of hydrogen-bond acceptors (Lipinski definition) is 1. The molecule has 0 amide bonds. The normalized spacial score (nSPS) is 12.8. The van der Waals surface area contributed by atoms with Crippen LogP contribution in [0.25, 0.3) is 11.0 Å². The maximum atomic E-state index is 5.52. The van der Waals surface area contributed by atoms with Crippen molar-refractivity contribution in [3.63, 3.8) is 0 Å². The Hall–Kier alpha value is -1.87. The van der Waals surface area contributed by atoms with Gasteiger partial charge in [-0.1, -0.05) is 30.3 Å². The highest BCUT2D eigenvalue weighted by atomic mass is 32.1. The molecule has 0 bridgehead atoms. The summed E-state index contributed by atoms with van der Waals surface area (Å²) in [5.74, 6) is 0. The molecule has 2 aromatic carbocycles. The van der Waals surface area contributed by atoms with Crippen LogP contribution in [0.5, 0.6) is 0 Å². The summed E-state index contributed by atoms with van der Waals surface area (Å²) in [4.78, 5) is 3.32. The van der Waals surface area contributed by atoms with Crippen molar-refractivity contribution in [1.82, 2.24) is 9.55 Å². The number of aromatic nitrogens is 2. The number of benzene rings is 2. The molecule has 3 aromatic rings. The van der Waals surface area contributed by atoms with Gasteiger partial charge in [0, 0.05) is 0 Å². The Kier molecular flexibility index (Phi) is 3.22. The highest BCUT2D eigenvalue weighted by molar-refractivity contribution is 7.71. The van der Waals surface area contributed by atoms with Gasteiger partial charge >= 0.3 is 0 Å². The fourth-order valence-corrected chi connectivity index (χ4v) is 3.19. The first-order chi connectivity index (χ1) is 9.58. The number of fused-ring (bicyclic) bond motifs is 1. The van der Waals surface area contributed by atoms with Crippen LogP contribution in [0.3, 0.4) is 0 Å². The zero-order valence-electron chi connectivity index (χ0n) is 12.0. The van der Waals surface area contributed by atoms with Gasteiger partial charge in [0.25, 0.3) is 0 Å². The van der Waals surface area contributed by atoms with E-state index in [0.29, 0.717) is 0 Å². The van der Waals surface area contributed by atoms with Crippen molar-refractivity contribution in [1.29, 1.82) is 0 Å². The highest BCUT2D eigenvalue weighted by Crippen LogP contribution is 2.26. The molecule has 0 radical (unpaired) electrons. The Balaban J connectivity index is 2.22. The van der Waals surface area contributed by atoms with E-state index in [-0.39, 0.29) is 6.04 Å². The summed E-state index contributed by atoms with van der Waals surface area (Å²) in [7, 11) is 0. The number of aryl methyl sites for hydroxylation is 2. The van der Waals surface area contributed by atoms with E-state index in [2.05, 4.69) is 72.8 Å². The van der Waals surface area contributed by atoms with E-state index in [9.17, 15) is 0 Å². The minimum atomic E-state index is 0.222. The predicted octanol–water partition coefficient (Wildman–Crippen LogP) is 4.93. The lowest BCUT2D eigenvalue weighted by molar-refractivity contribution is 0.645. The molecule has 2 nitrogen and oxygen atoms in total. The quantitative estimate of drug-likeness (QED) is 0.661. The molecule has 0 aliphatic rings. The van der Waals surface area contributed by atoms with E-state index in [4.69, 9.17) is 12.2 Å². The zero-order valence-corrected chi connectivity index (χ0v) is 12.8. The predicted molar refractivity (Wildman–Crippen MR) is 86.9 cm³/mol. The molecule has 0 aliphatic heterocycles. The maximum absolute atomic E-state index is 5.52. The van der Waals surface area contributed by atoms with Gasteiger partial charge in [-0.3, -0.25) is 0 Å². The number of hydrogen-bond donors (Lipinski definition) is 1. The maximum Gasteiger partial charge on any atom is 0.178 e. The van der Waals surface area contributed by atoms with E-state index in [0.717, 1.165) is 15.8 Å². The number of aromatic amines is 1. The number of imidazole rings is 1. The van der Waals surface area contributed by atoms with E-state index in [1.807, 2.05) is 0 Å². The van der Waals surface area contributed by atoms with E-state index in [1.165, 1.54) is 16.7 Å². The molecule has 0 spiro atoms. The van der Waals surface area contributed by atoms with E-state index < -0.39 is 0 Å². The van der Waals surface area contributed by atoms with Crippen LogP contribution in [-0.4, -0.2) is 9.55 Å². The minimum absolute atomic E-state index is 0.222. The third-order valence-electron chi connectivity index (χ3n) is 3.90. The van der Waals surface area contributed by atoms with Crippen molar-refractivity contribution < 1.29 is 0 Å². The Morgan fingerprint density at radius 2 is 1.85 bits per heavy atom. The second-order valence-electron chi connectivity index (χ2n) is 5.35. The smallest absolute Gasteiger partial charge is 0.178 e. The number of H-pyrrole nitrogens is 1. The van der Waals surface area contributed by atoms with Gasteiger partial charge in [-0.15, -0.1) is 0 Å². The molecule has 1 unspecified atom stereocenters. The van der Waals surface area contributed by atoms with Crippen LogP contribution in [0, 0.1) is 18.6 Å². The summed E-state index contributed by atoms with van der Waals surface area (Å²) in [6, 6.07) is 15.1. The summed E-state index contributed by atoms with van der Waals surface area (Å²) in [5, 5.41) is 0. The summed E-state index contributed by atoms with van der Waals surface area (Å²) in [6.07, 6.45) is 0. The molecule has 20 heavy (non-hydrogen) atoms. The first kappa shape index (κ1) is 13.1. The molecule has 3 heteroatoms. The van der Waals surface area contributed by atoms with Crippen molar-refractivity contribution in [3.05, 3.63) is 63.9 Å². The molecule has 0 saturated heterocycles. The number of nitrogens with one attached hydrogen (secondary N) is 1. The Bertz CT molecular complexity index is 826. The monoisotopic (exact) mass is 282 g/mol. The van der Waals surface area contributed by atoms with Gasteiger partial charge in [-0.25, -0.2) is 0 Å². The minimum Gasteiger partial charge on any atom is -0.331 e. The van der Waals surface area contributed by atoms with Crippen LogP contribution < -0.4 is 0 Å². The second kappa shape index (κ2) is 4.91. The van der Waals surface area contributed by atoms with Crippen molar-refractivity contribution in [2.45, 2.75) is 26.8 Å². The summed E-state index contributed by atoms with van der Waals surface area (Å²) in [5.41, 5.74) is 6.12. The van der Waals surface area contributed by atoms with Gasteiger partial charge in [-0.05, 0) is 61.8 Å². The third-order valence-corrected chi connectivity index (χ3v) is 4.20. The van der Waals surface area contributed by atoms with Gasteiger partial charge in [0.1, 0.15) is 0 Å². The van der Waals surface area contributed by atoms with Crippen LogP contribution >= 0.6 is 12.2 Å². The molecule has 1 N–H and O–H groups in total. The van der Waals surface area contributed by atoms with Crippen LogP contribution in [0.2, 0.25) is 0 Å². The SMILES string of the molecule is Cc1ccc2c(c1)[nH]c(=S)n2C(C)c1ccccc1C. The molecule has 0 fully saturated rings. The number of nitrogens with zero attached hydrogens (tertiary/aromatic N) is 1. The van der Waals surface area contributed by atoms with Gasteiger partial charge in [0.2, 0.25) is 0 Å². The first-order valence-corrected chi connectivity index (χ1v) is 7.25. The third kappa shape index (κ3) is 2.08. The summed E-state index contributed by atoms with van der Waals surface area (Å²) >= 11 is 5.52. The molecule has 102 valence electrons. The van der Waals surface area contributed by atoms with Crippen molar-refractivity contribution in [2.75, 3.05) is 0 Å². The molecule has 1 heterocycles. The zero-order chi connectivity index (χ0) is 14.3. The molecular formula is C17H18N2S. The standard InChI is InChI=1S/C17H18N2S/c1-11-8-9-16-15(10-11)18-17(20)19(16)13(3)14-7-5-4-6-12(14)2/h4-10,13H,1-3H3,(H,18,20). The summed E-state index contributed by atoms with van der Waals surface area (Å²) < 4.78 is 2.98. The van der Waals surface area contributed by atoms with Crippen LogP contribution in [0.15, 0.2) is 42.5 Å². The lowest BCUT2D eigenvalue weighted by Gasteiger charge is -2.17. The fourth-order valence-electron chi connectivity index (χ4n) is 2.82. The Labute approximate surface area is 124 Å². The summed E-state index contributed by atoms with van der Waals surface area (Å²) in [6.45, 7) is 6.44. The van der Waals surface area contributed by atoms with Crippen LogP contribution in [0.4, 0.5) is 0 Å². The van der Waals surface area contributed by atoms with Gasteiger partial charge in [0.05, 0.1) is 17.1 Å². The van der Waals surface area contributed by atoms with Gasteiger partial charge in [-0.2, -0.15) is 0 Å². The molecule has 3 rings (SSSR count). The van der Waals surface area contributed by atoms with E-state index in [1.54, 1.807) is 0 Å². The highest BCUT2D eigenvalue weighted by Gasteiger charge is 2.14. The van der Waals surface area contributed by atoms with Crippen molar-refractivity contribution in [3.8, 4) is 0 Å². The Morgan fingerprint density at radius 1 is 1.10 bits per heavy atom. The van der Waals surface area contributed by atoms with Crippen molar-refractivity contribution in [2.24, 2.45) is 0 Å². The fraction of sp³-hybridized carbons (Fsp3) is 0.235. The van der Waals surface area contributed by atoms with Crippen molar-refractivity contribution >= 4 is 23.3 Å². The molecule has 0 saturated carbocycles. The second-order valence-corrected chi connectivity index (χ2v) is 5.74. The Morgan fingerprint density at radius 3 is 2.60 bits per heavy atom. The van der Waals surface area contributed by atoms with Crippen LogP contribution in [0.1, 0.15) is 29.7 Å². The van der Waals surface area contributed by atoms with E-state index >= 15 is 0 Å². The lowest BCUT2D eigenvalue weighted by atomic mass is 10.0. The molecule has 1 aromatic heterocycles. The van der Waals surface area contributed by atoms with Gasteiger partial charge in [0.15, 0.2) is 4.77 Å². The largest absolute Gasteiger partial charge is 0.331 e. The average Bonchev–Trinajstić information content (AvgIpc) is 2.73. The molecular weight excluding hydrogens is 264 g/mol. The lowest BCUT2D eigenvalue weighted by Crippen LogP contribution is -2.08.